The van der Waals surface area contributed by atoms with Crippen LogP contribution in [0.25, 0.3) is 0 Å². The summed E-state index contributed by atoms with van der Waals surface area (Å²) in [5.41, 5.74) is 6.90. The van der Waals surface area contributed by atoms with Crippen LogP contribution in [0.2, 0.25) is 0 Å². The van der Waals surface area contributed by atoms with Crippen molar-refractivity contribution in [2.24, 2.45) is 17.6 Å². The fourth-order valence-electron chi connectivity index (χ4n) is 2.39. The van der Waals surface area contributed by atoms with Crippen LogP contribution in [0.4, 0.5) is 0 Å². The van der Waals surface area contributed by atoms with Crippen molar-refractivity contribution in [3.8, 4) is 0 Å². The standard InChI is InChI=1S/C16H27N3O/c1-4-19(12-14-5-7-18-8-6-14)16(20)10-15(11-17)9-13(2)3/h5-8,13,15H,4,9-12,17H2,1-3H3. The monoisotopic (exact) mass is 277 g/mol. The molecule has 0 aromatic carbocycles. The Morgan fingerprint density at radius 3 is 2.50 bits per heavy atom. The van der Waals surface area contributed by atoms with Gasteiger partial charge >= 0.3 is 0 Å². The minimum absolute atomic E-state index is 0.195. The van der Waals surface area contributed by atoms with E-state index in [9.17, 15) is 4.79 Å². The van der Waals surface area contributed by atoms with E-state index in [4.69, 9.17) is 5.73 Å². The molecular weight excluding hydrogens is 250 g/mol. The van der Waals surface area contributed by atoms with E-state index in [0.29, 0.717) is 25.4 Å². The molecule has 0 spiro atoms. The van der Waals surface area contributed by atoms with E-state index in [2.05, 4.69) is 18.8 Å². The third-order valence-corrected chi connectivity index (χ3v) is 3.46. The van der Waals surface area contributed by atoms with E-state index in [1.165, 1.54) is 0 Å². The third kappa shape index (κ3) is 5.70. The molecule has 2 N–H and O–H groups in total. The van der Waals surface area contributed by atoms with Crippen LogP contribution in [0.15, 0.2) is 24.5 Å². The predicted octanol–water partition coefficient (Wildman–Crippen LogP) is 2.44. The quantitative estimate of drug-likeness (QED) is 0.794. The van der Waals surface area contributed by atoms with Gasteiger partial charge in [-0.15, -0.1) is 0 Å². The maximum absolute atomic E-state index is 12.4. The first kappa shape index (κ1) is 16.6. The van der Waals surface area contributed by atoms with Crippen molar-refractivity contribution in [1.82, 2.24) is 9.88 Å². The Labute approximate surface area is 122 Å². The zero-order valence-corrected chi connectivity index (χ0v) is 12.9. The number of amides is 1. The van der Waals surface area contributed by atoms with E-state index in [0.717, 1.165) is 18.5 Å². The molecule has 0 radical (unpaired) electrons. The second-order valence-electron chi connectivity index (χ2n) is 5.70. The summed E-state index contributed by atoms with van der Waals surface area (Å²) in [4.78, 5) is 18.3. The van der Waals surface area contributed by atoms with E-state index in [1.54, 1.807) is 12.4 Å². The number of hydrogen-bond donors (Lipinski definition) is 1. The van der Waals surface area contributed by atoms with Gasteiger partial charge < -0.3 is 10.6 Å². The zero-order chi connectivity index (χ0) is 15.0. The van der Waals surface area contributed by atoms with Crippen LogP contribution in [-0.2, 0) is 11.3 Å². The Morgan fingerprint density at radius 1 is 1.35 bits per heavy atom. The summed E-state index contributed by atoms with van der Waals surface area (Å²) in [6, 6.07) is 3.90. The lowest BCUT2D eigenvalue weighted by molar-refractivity contribution is -0.132. The summed E-state index contributed by atoms with van der Waals surface area (Å²) in [6.07, 6.45) is 5.08. The molecule has 0 aliphatic carbocycles. The van der Waals surface area contributed by atoms with Gasteiger partial charge in [-0.2, -0.15) is 0 Å². The summed E-state index contributed by atoms with van der Waals surface area (Å²) in [7, 11) is 0. The number of nitrogens with zero attached hydrogens (tertiary/aromatic N) is 2. The molecule has 0 fully saturated rings. The lowest BCUT2D eigenvalue weighted by Crippen LogP contribution is -2.33. The highest BCUT2D eigenvalue weighted by molar-refractivity contribution is 5.76. The average molecular weight is 277 g/mol. The molecule has 20 heavy (non-hydrogen) atoms. The van der Waals surface area contributed by atoms with Crippen molar-refractivity contribution in [2.75, 3.05) is 13.1 Å². The molecule has 4 nitrogen and oxygen atoms in total. The van der Waals surface area contributed by atoms with Gasteiger partial charge in [0, 0.05) is 31.9 Å². The first-order valence-corrected chi connectivity index (χ1v) is 7.43. The first-order chi connectivity index (χ1) is 9.56. The number of pyridine rings is 1. The summed E-state index contributed by atoms with van der Waals surface area (Å²) < 4.78 is 0. The van der Waals surface area contributed by atoms with Gasteiger partial charge in [0.2, 0.25) is 5.91 Å². The highest BCUT2D eigenvalue weighted by Gasteiger charge is 2.18. The Morgan fingerprint density at radius 2 is 2.00 bits per heavy atom. The maximum atomic E-state index is 12.4. The molecule has 1 amide bonds. The number of rotatable bonds is 8. The normalized spacial score (nSPS) is 12.4. The van der Waals surface area contributed by atoms with E-state index in [-0.39, 0.29) is 11.8 Å². The van der Waals surface area contributed by atoms with Crippen LogP contribution < -0.4 is 5.73 Å². The molecular formula is C16H27N3O. The van der Waals surface area contributed by atoms with E-state index < -0.39 is 0 Å². The summed E-state index contributed by atoms with van der Waals surface area (Å²) in [5.74, 6) is 1.06. The van der Waals surface area contributed by atoms with Crippen LogP contribution >= 0.6 is 0 Å². The maximum Gasteiger partial charge on any atom is 0.223 e. The minimum Gasteiger partial charge on any atom is -0.339 e. The topological polar surface area (TPSA) is 59.2 Å². The van der Waals surface area contributed by atoms with Crippen molar-refractivity contribution in [3.63, 3.8) is 0 Å². The van der Waals surface area contributed by atoms with Crippen molar-refractivity contribution in [1.29, 1.82) is 0 Å². The van der Waals surface area contributed by atoms with Gasteiger partial charge in [-0.25, -0.2) is 0 Å². The second kappa shape index (κ2) is 8.69. The van der Waals surface area contributed by atoms with Gasteiger partial charge in [-0.05, 0) is 49.4 Å². The lowest BCUT2D eigenvalue weighted by atomic mass is 9.93. The molecule has 1 rings (SSSR count). The predicted molar refractivity (Wildman–Crippen MR) is 81.9 cm³/mol. The summed E-state index contributed by atoms with van der Waals surface area (Å²) in [6.45, 7) is 8.30. The molecule has 0 aliphatic rings. The van der Waals surface area contributed by atoms with Gasteiger partial charge in [-0.3, -0.25) is 9.78 Å². The van der Waals surface area contributed by atoms with Crippen LogP contribution in [0.5, 0.6) is 0 Å². The Kier molecular flexibility index (Phi) is 7.23. The lowest BCUT2D eigenvalue weighted by Gasteiger charge is -2.24. The van der Waals surface area contributed by atoms with Crippen molar-refractivity contribution < 1.29 is 4.79 Å². The van der Waals surface area contributed by atoms with E-state index in [1.807, 2.05) is 24.0 Å². The second-order valence-corrected chi connectivity index (χ2v) is 5.70. The minimum atomic E-state index is 0.195. The molecule has 0 saturated carbocycles. The van der Waals surface area contributed by atoms with Gasteiger partial charge in [0.1, 0.15) is 0 Å². The number of carbonyl (C=O) groups is 1. The first-order valence-electron chi connectivity index (χ1n) is 7.43. The number of hydrogen-bond acceptors (Lipinski definition) is 3. The molecule has 0 bridgehead atoms. The molecule has 112 valence electrons. The zero-order valence-electron chi connectivity index (χ0n) is 12.9. The molecule has 1 aromatic rings. The van der Waals surface area contributed by atoms with Gasteiger partial charge in [-0.1, -0.05) is 13.8 Å². The Bertz CT molecular complexity index is 392. The van der Waals surface area contributed by atoms with E-state index >= 15 is 0 Å². The molecule has 1 unspecified atom stereocenters. The molecule has 0 aliphatic heterocycles. The summed E-state index contributed by atoms with van der Waals surface area (Å²) in [5, 5.41) is 0. The smallest absolute Gasteiger partial charge is 0.223 e. The van der Waals surface area contributed by atoms with Gasteiger partial charge in [0.25, 0.3) is 0 Å². The fraction of sp³-hybridized carbons (Fsp3) is 0.625. The largest absolute Gasteiger partial charge is 0.339 e. The molecule has 0 saturated heterocycles. The Balaban J connectivity index is 2.58. The highest BCUT2D eigenvalue weighted by Crippen LogP contribution is 2.16. The van der Waals surface area contributed by atoms with Crippen molar-refractivity contribution in [3.05, 3.63) is 30.1 Å². The number of nitrogens with two attached hydrogens (primary N) is 1. The highest BCUT2D eigenvalue weighted by atomic mass is 16.2. The number of aromatic nitrogens is 1. The SMILES string of the molecule is CCN(Cc1ccncc1)C(=O)CC(CN)CC(C)C. The van der Waals surface area contributed by atoms with Gasteiger partial charge in [0.15, 0.2) is 0 Å². The molecule has 1 atom stereocenters. The van der Waals surface area contributed by atoms with Crippen molar-refractivity contribution >= 4 is 5.91 Å². The number of carbonyl (C=O) groups excluding carboxylic acids is 1. The van der Waals surface area contributed by atoms with Crippen molar-refractivity contribution in [2.45, 2.75) is 40.2 Å². The van der Waals surface area contributed by atoms with Crippen LogP contribution in [0, 0.1) is 11.8 Å². The molecule has 1 heterocycles. The van der Waals surface area contributed by atoms with Crippen LogP contribution in [0.1, 0.15) is 39.2 Å². The molecule has 4 heteroatoms. The molecule has 1 aromatic heterocycles. The van der Waals surface area contributed by atoms with Crippen LogP contribution in [0.3, 0.4) is 0 Å². The third-order valence-electron chi connectivity index (χ3n) is 3.46. The van der Waals surface area contributed by atoms with Gasteiger partial charge in [0.05, 0.1) is 0 Å². The average Bonchev–Trinajstić information content (AvgIpc) is 2.44. The Hall–Kier alpha value is -1.42. The summed E-state index contributed by atoms with van der Waals surface area (Å²) >= 11 is 0. The fourth-order valence-corrected chi connectivity index (χ4v) is 2.39. The van der Waals surface area contributed by atoms with Crippen LogP contribution in [-0.4, -0.2) is 28.9 Å².